The van der Waals surface area contributed by atoms with Crippen molar-refractivity contribution >= 4 is 12.2 Å². The Hall–Kier alpha value is -0.640. The number of H-pyrrole nitrogens is 1. The number of aryl methyl sites for hydroxylation is 1. The van der Waals surface area contributed by atoms with Gasteiger partial charge in [-0.25, -0.2) is 0 Å². The minimum Gasteiger partial charge on any atom is -0.299 e. The lowest BCUT2D eigenvalue weighted by Crippen LogP contribution is -2.24. The molecule has 1 heterocycles. The fourth-order valence-corrected chi connectivity index (χ4v) is 1.68. The summed E-state index contributed by atoms with van der Waals surface area (Å²) in [6.45, 7) is 8.44. The lowest BCUT2D eigenvalue weighted by molar-refractivity contribution is 0.378. The van der Waals surface area contributed by atoms with Gasteiger partial charge < -0.3 is 0 Å². The molecule has 0 aromatic carbocycles. The van der Waals surface area contributed by atoms with Crippen LogP contribution in [0.15, 0.2) is 0 Å². The van der Waals surface area contributed by atoms with Gasteiger partial charge in [0, 0.05) is 12.0 Å². The Kier molecular flexibility index (Phi) is 2.37. The maximum absolute atomic E-state index is 5.13. The highest BCUT2D eigenvalue weighted by Gasteiger charge is 2.17. The van der Waals surface area contributed by atoms with Gasteiger partial charge in [-0.1, -0.05) is 6.92 Å². The second-order valence-electron chi connectivity index (χ2n) is 3.80. The number of hydrogen-bond donors (Lipinski definition) is 1. The van der Waals surface area contributed by atoms with Crippen molar-refractivity contribution in [1.82, 2.24) is 14.8 Å². The largest absolute Gasteiger partial charge is 0.299 e. The molecule has 4 heteroatoms. The van der Waals surface area contributed by atoms with E-state index in [1.165, 1.54) is 0 Å². The van der Waals surface area contributed by atoms with Gasteiger partial charge >= 0.3 is 0 Å². The molecule has 0 amide bonds. The molecule has 0 saturated heterocycles. The zero-order valence-corrected chi connectivity index (χ0v) is 8.83. The molecule has 68 valence electrons. The third-order valence-electron chi connectivity index (χ3n) is 1.73. The van der Waals surface area contributed by atoms with Crippen LogP contribution in [0.1, 0.15) is 33.5 Å². The van der Waals surface area contributed by atoms with Crippen molar-refractivity contribution in [3.8, 4) is 0 Å². The fraction of sp³-hybridized carbons (Fsp3) is 0.750. The van der Waals surface area contributed by atoms with Crippen LogP contribution in [0, 0.1) is 4.77 Å². The van der Waals surface area contributed by atoms with Crippen molar-refractivity contribution < 1.29 is 0 Å². The van der Waals surface area contributed by atoms with Crippen LogP contribution < -0.4 is 0 Å². The molecule has 3 nitrogen and oxygen atoms in total. The number of rotatable bonds is 1. The second-order valence-corrected chi connectivity index (χ2v) is 4.19. The van der Waals surface area contributed by atoms with E-state index in [9.17, 15) is 0 Å². The smallest absolute Gasteiger partial charge is 0.195 e. The molecule has 12 heavy (non-hydrogen) atoms. The van der Waals surface area contributed by atoms with Crippen LogP contribution in [0.5, 0.6) is 0 Å². The van der Waals surface area contributed by atoms with Gasteiger partial charge in [-0.05, 0) is 33.0 Å². The van der Waals surface area contributed by atoms with E-state index in [2.05, 4.69) is 42.5 Å². The molecule has 0 unspecified atom stereocenters. The summed E-state index contributed by atoms with van der Waals surface area (Å²) in [4.78, 5) is 0. The average molecular weight is 185 g/mol. The molecule has 0 fully saturated rings. The summed E-state index contributed by atoms with van der Waals surface area (Å²) in [5.41, 5.74) is 0.0232. The zero-order chi connectivity index (χ0) is 9.35. The van der Waals surface area contributed by atoms with E-state index in [0.29, 0.717) is 4.77 Å². The first-order valence-corrected chi connectivity index (χ1v) is 4.54. The van der Waals surface area contributed by atoms with Gasteiger partial charge in [-0.3, -0.25) is 9.67 Å². The first kappa shape index (κ1) is 9.45. The van der Waals surface area contributed by atoms with Crippen molar-refractivity contribution in [2.75, 3.05) is 0 Å². The monoisotopic (exact) mass is 185 g/mol. The van der Waals surface area contributed by atoms with Crippen LogP contribution in [0.3, 0.4) is 0 Å². The van der Waals surface area contributed by atoms with Crippen molar-refractivity contribution in [2.24, 2.45) is 0 Å². The van der Waals surface area contributed by atoms with Crippen molar-refractivity contribution in [2.45, 2.75) is 39.7 Å². The molecule has 0 atom stereocenters. The molecule has 1 aromatic heterocycles. The lowest BCUT2D eigenvalue weighted by atomic mass is 10.1. The fourth-order valence-electron chi connectivity index (χ4n) is 1.26. The molecule has 0 aliphatic carbocycles. The lowest BCUT2D eigenvalue weighted by Gasteiger charge is -2.21. The highest BCUT2D eigenvalue weighted by Crippen LogP contribution is 2.16. The summed E-state index contributed by atoms with van der Waals surface area (Å²) in [7, 11) is 0. The normalized spacial score (nSPS) is 12.0. The van der Waals surface area contributed by atoms with Gasteiger partial charge in [0.25, 0.3) is 0 Å². The molecule has 0 spiro atoms. The topological polar surface area (TPSA) is 33.6 Å². The van der Waals surface area contributed by atoms with Gasteiger partial charge in [0.2, 0.25) is 0 Å². The molecular weight excluding hydrogens is 170 g/mol. The van der Waals surface area contributed by atoms with E-state index in [-0.39, 0.29) is 5.54 Å². The molecular formula is C8H15N3S. The summed E-state index contributed by atoms with van der Waals surface area (Å²) in [6.07, 6.45) is 0.907. The Bertz CT molecular complexity index is 316. The van der Waals surface area contributed by atoms with Gasteiger partial charge in [0.15, 0.2) is 4.77 Å². The van der Waals surface area contributed by atoms with E-state index in [4.69, 9.17) is 12.2 Å². The predicted molar refractivity (Wildman–Crippen MR) is 51.8 cm³/mol. The Labute approximate surface area is 77.8 Å². The summed E-state index contributed by atoms with van der Waals surface area (Å²) >= 11 is 5.13. The van der Waals surface area contributed by atoms with Crippen LogP contribution in [-0.4, -0.2) is 14.8 Å². The van der Waals surface area contributed by atoms with Crippen molar-refractivity contribution in [3.05, 3.63) is 10.6 Å². The van der Waals surface area contributed by atoms with Crippen LogP contribution in [-0.2, 0) is 12.0 Å². The van der Waals surface area contributed by atoms with Gasteiger partial charge in [0.1, 0.15) is 5.82 Å². The number of nitrogens with one attached hydrogen (secondary N) is 1. The number of hydrogen-bond acceptors (Lipinski definition) is 2. The minimum absolute atomic E-state index is 0.0232. The van der Waals surface area contributed by atoms with Crippen molar-refractivity contribution in [3.63, 3.8) is 0 Å². The molecule has 0 aliphatic rings. The standard InChI is InChI=1S/C8H15N3S/c1-5-6-9-10-7(12)11(6)8(2,3)4/h5H2,1-4H3,(H,10,12). The van der Waals surface area contributed by atoms with Gasteiger partial charge in [-0.15, -0.1) is 0 Å². The first-order valence-electron chi connectivity index (χ1n) is 4.13. The third kappa shape index (κ3) is 1.58. The summed E-state index contributed by atoms with van der Waals surface area (Å²) in [5.74, 6) is 1.02. The molecule has 0 aliphatic heterocycles. The molecule has 0 radical (unpaired) electrons. The van der Waals surface area contributed by atoms with E-state index in [0.717, 1.165) is 12.2 Å². The van der Waals surface area contributed by atoms with Crippen LogP contribution in [0.4, 0.5) is 0 Å². The maximum atomic E-state index is 5.13. The molecule has 0 saturated carbocycles. The van der Waals surface area contributed by atoms with E-state index >= 15 is 0 Å². The van der Waals surface area contributed by atoms with Crippen molar-refractivity contribution in [1.29, 1.82) is 0 Å². The maximum Gasteiger partial charge on any atom is 0.195 e. The van der Waals surface area contributed by atoms with Crippen LogP contribution in [0.25, 0.3) is 0 Å². The minimum atomic E-state index is 0.0232. The molecule has 1 N–H and O–H groups in total. The Morgan fingerprint density at radius 1 is 1.50 bits per heavy atom. The zero-order valence-electron chi connectivity index (χ0n) is 8.01. The molecule has 1 rings (SSSR count). The summed E-state index contributed by atoms with van der Waals surface area (Å²) in [6, 6.07) is 0. The van der Waals surface area contributed by atoms with Crippen LogP contribution >= 0.6 is 12.2 Å². The summed E-state index contributed by atoms with van der Waals surface area (Å²) in [5, 5.41) is 6.96. The average Bonchev–Trinajstić information content (AvgIpc) is 2.29. The molecule has 1 aromatic rings. The highest BCUT2D eigenvalue weighted by molar-refractivity contribution is 7.71. The quantitative estimate of drug-likeness (QED) is 0.681. The SMILES string of the molecule is CCc1n[nH]c(=S)n1C(C)(C)C. The second kappa shape index (κ2) is 3.01. The van der Waals surface area contributed by atoms with Crippen LogP contribution in [0.2, 0.25) is 0 Å². The summed E-state index contributed by atoms with van der Waals surface area (Å²) < 4.78 is 2.77. The Morgan fingerprint density at radius 3 is 2.42 bits per heavy atom. The number of nitrogens with zero attached hydrogens (tertiary/aromatic N) is 2. The predicted octanol–water partition coefficient (Wildman–Crippen LogP) is 2.26. The Balaban J connectivity index is 3.29. The highest BCUT2D eigenvalue weighted by atomic mass is 32.1. The van der Waals surface area contributed by atoms with Gasteiger partial charge in [0.05, 0.1) is 0 Å². The Morgan fingerprint density at radius 2 is 2.08 bits per heavy atom. The number of aromatic nitrogens is 3. The van der Waals surface area contributed by atoms with E-state index < -0.39 is 0 Å². The van der Waals surface area contributed by atoms with E-state index in [1.54, 1.807) is 0 Å². The third-order valence-corrected chi connectivity index (χ3v) is 2.00. The first-order chi connectivity index (χ1) is 5.46. The van der Waals surface area contributed by atoms with Gasteiger partial charge in [-0.2, -0.15) is 5.10 Å². The van der Waals surface area contributed by atoms with E-state index in [1.807, 2.05) is 0 Å². The molecule has 0 bridgehead atoms. The number of aromatic amines is 1.